The Bertz CT molecular complexity index is 508. The number of hydrogen-bond acceptors (Lipinski definition) is 2. The summed E-state index contributed by atoms with van der Waals surface area (Å²) >= 11 is 0. The number of quaternary nitrogens is 1. The quantitative estimate of drug-likeness (QED) is 0.837. The van der Waals surface area contributed by atoms with Crippen molar-refractivity contribution in [2.24, 2.45) is 0 Å². The third-order valence-corrected chi connectivity index (χ3v) is 3.41. The highest BCUT2D eigenvalue weighted by Crippen LogP contribution is 2.12. The summed E-state index contributed by atoms with van der Waals surface area (Å²) in [6, 6.07) is 18.3. The van der Waals surface area contributed by atoms with E-state index in [-0.39, 0.29) is 0 Å². The molecule has 2 rings (SSSR count). The van der Waals surface area contributed by atoms with Crippen LogP contribution in [0.4, 0.5) is 5.69 Å². The van der Waals surface area contributed by atoms with Crippen molar-refractivity contribution in [3.63, 3.8) is 0 Å². The summed E-state index contributed by atoms with van der Waals surface area (Å²) in [5.41, 5.74) is 3.46. The van der Waals surface area contributed by atoms with Crippen LogP contribution in [0.1, 0.15) is 17.2 Å². The smallest absolute Gasteiger partial charge is 0.128 e. The fourth-order valence-electron chi connectivity index (χ4n) is 2.15. The van der Waals surface area contributed by atoms with Crippen molar-refractivity contribution >= 4 is 5.69 Å². The van der Waals surface area contributed by atoms with Gasteiger partial charge in [-0.05, 0) is 17.7 Å². The number of nitrogens with zero attached hydrogens (tertiary/aromatic N) is 1. The lowest BCUT2D eigenvalue weighted by molar-refractivity contribution is -0.677. The van der Waals surface area contributed by atoms with Crippen molar-refractivity contribution in [3.05, 3.63) is 65.7 Å². The van der Waals surface area contributed by atoms with Crippen LogP contribution < -0.4 is 10.2 Å². The number of nitrogens with two attached hydrogens (primary N) is 1. The molecule has 106 valence electrons. The molecule has 0 radical (unpaired) electrons. The zero-order valence-electron chi connectivity index (χ0n) is 12.2. The lowest BCUT2D eigenvalue weighted by Crippen LogP contribution is -2.83. The maximum Gasteiger partial charge on any atom is 0.128 e. The Morgan fingerprint density at radius 2 is 1.65 bits per heavy atom. The average Bonchev–Trinajstić information content (AvgIpc) is 2.48. The van der Waals surface area contributed by atoms with Gasteiger partial charge in [0.05, 0.1) is 0 Å². The first-order valence-electron chi connectivity index (χ1n) is 6.98. The number of benzene rings is 2. The molecule has 0 amide bonds. The molecule has 3 N–H and O–H groups in total. The molecule has 3 nitrogen and oxygen atoms in total. The van der Waals surface area contributed by atoms with Gasteiger partial charge in [0, 0.05) is 25.3 Å². The summed E-state index contributed by atoms with van der Waals surface area (Å²) in [4.78, 5) is 2.09. The zero-order valence-corrected chi connectivity index (χ0v) is 12.2. The van der Waals surface area contributed by atoms with Crippen molar-refractivity contribution in [2.45, 2.75) is 12.6 Å². The molecule has 0 aliphatic carbocycles. The van der Waals surface area contributed by atoms with Crippen LogP contribution in [0.5, 0.6) is 0 Å². The number of rotatable bonds is 6. The Kier molecular flexibility index (Phi) is 5.16. The van der Waals surface area contributed by atoms with Gasteiger partial charge in [0.2, 0.25) is 0 Å². The second-order valence-corrected chi connectivity index (χ2v) is 5.22. The Balaban J connectivity index is 1.81. The van der Waals surface area contributed by atoms with E-state index in [1.165, 1.54) is 11.3 Å². The third-order valence-electron chi connectivity index (χ3n) is 3.41. The van der Waals surface area contributed by atoms with Crippen LogP contribution in [0.3, 0.4) is 0 Å². The Labute approximate surface area is 120 Å². The molecule has 0 aliphatic heterocycles. The molecule has 0 saturated heterocycles. The van der Waals surface area contributed by atoms with E-state index in [0.29, 0.717) is 6.54 Å². The zero-order chi connectivity index (χ0) is 14.4. The largest absolute Gasteiger partial charge is 0.382 e. The SMILES string of the molecule is CN(C)c1ccc(C[NH2+]C[C@@H](O)c2ccccc2)cc1. The molecule has 0 aliphatic rings. The monoisotopic (exact) mass is 271 g/mol. The molecule has 0 fully saturated rings. The standard InChI is InChI=1S/C17H22N2O/c1-19(2)16-10-8-14(9-11-16)12-18-13-17(20)15-6-4-3-5-7-15/h3-11,17-18,20H,12-13H2,1-2H3/p+1/t17-/m1/s1. The van der Waals surface area contributed by atoms with Gasteiger partial charge >= 0.3 is 0 Å². The lowest BCUT2D eigenvalue weighted by atomic mass is 10.1. The fourth-order valence-corrected chi connectivity index (χ4v) is 2.15. The Morgan fingerprint density at radius 3 is 2.25 bits per heavy atom. The van der Waals surface area contributed by atoms with Crippen LogP contribution in [0, 0.1) is 0 Å². The van der Waals surface area contributed by atoms with Crippen LogP contribution in [-0.2, 0) is 6.54 Å². The van der Waals surface area contributed by atoms with Crippen LogP contribution in [0.25, 0.3) is 0 Å². The topological polar surface area (TPSA) is 40.1 Å². The fraction of sp³-hybridized carbons (Fsp3) is 0.294. The summed E-state index contributed by atoms with van der Waals surface area (Å²) in [5.74, 6) is 0. The van der Waals surface area contributed by atoms with Crippen LogP contribution in [0.2, 0.25) is 0 Å². The van der Waals surface area contributed by atoms with Crippen LogP contribution in [0.15, 0.2) is 54.6 Å². The maximum absolute atomic E-state index is 10.1. The first-order valence-corrected chi connectivity index (χ1v) is 6.98. The second-order valence-electron chi connectivity index (χ2n) is 5.22. The molecule has 20 heavy (non-hydrogen) atoms. The van der Waals surface area contributed by atoms with E-state index < -0.39 is 6.10 Å². The third kappa shape index (κ3) is 4.08. The second kappa shape index (κ2) is 7.08. The van der Waals surface area contributed by atoms with E-state index in [1.54, 1.807) is 0 Å². The number of aliphatic hydroxyl groups excluding tert-OH is 1. The van der Waals surface area contributed by atoms with Gasteiger partial charge in [0.25, 0.3) is 0 Å². The minimum absolute atomic E-state index is 0.405. The Morgan fingerprint density at radius 1 is 1.00 bits per heavy atom. The highest BCUT2D eigenvalue weighted by Gasteiger charge is 2.08. The predicted molar refractivity (Wildman–Crippen MR) is 82.7 cm³/mol. The van der Waals surface area contributed by atoms with Crippen molar-refractivity contribution < 1.29 is 10.4 Å². The molecule has 0 bridgehead atoms. The predicted octanol–water partition coefficient (Wildman–Crippen LogP) is 1.55. The molecule has 2 aromatic carbocycles. The van der Waals surface area contributed by atoms with Gasteiger partial charge < -0.3 is 15.3 Å². The molecular formula is C17H23N2O+. The number of hydrogen-bond donors (Lipinski definition) is 2. The normalized spacial score (nSPS) is 12.2. The number of aliphatic hydroxyl groups is 1. The highest BCUT2D eigenvalue weighted by atomic mass is 16.3. The molecule has 3 heteroatoms. The molecule has 0 spiro atoms. The molecule has 0 aromatic heterocycles. The van der Waals surface area contributed by atoms with E-state index in [1.807, 2.05) is 44.4 Å². The van der Waals surface area contributed by atoms with Crippen molar-refractivity contribution in [2.75, 3.05) is 25.5 Å². The average molecular weight is 271 g/mol. The van der Waals surface area contributed by atoms with Gasteiger partial charge in [-0.3, -0.25) is 0 Å². The first kappa shape index (κ1) is 14.6. The minimum atomic E-state index is -0.405. The van der Waals surface area contributed by atoms with Gasteiger partial charge in [-0.2, -0.15) is 0 Å². The van der Waals surface area contributed by atoms with Crippen molar-refractivity contribution in [3.8, 4) is 0 Å². The van der Waals surface area contributed by atoms with Crippen LogP contribution >= 0.6 is 0 Å². The van der Waals surface area contributed by atoms with Crippen LogP contribution in [-0.4, -0.2) is 25.7 Å². The highest BCUT2D eigenvalue weighted by molar-refractivity contribution is 5.45. The molecule has 1 atom stereocenters. The molecular weight excluding hydrogens is 248 g/mol. The molecule has 0 unspecified atom stereocenters. The molecule has 0 heterocycles. The summed E-state index contributed by atoms with van der Waals surface area (Å²) < 4.78 is 0. The molecule has 2 aromatic rings. The Hall–Kier alpha value is -1.84. The summed E-state index contributed by atoms with van der Waals surface area (Å²) in [5, 5.41) is 12.2. The van der Waals surface area contributed by atoms with E-state index in [4.69, 9.17) is 0 Å². The lowest BCUT2D eigenvalue weighted by Gasteiger charge is -2.13. The van der Waals surface area contributed by atoms with E-state index in [9.17, 15) is 5.11 Å². The van der Waals surface area contributed by atoms with Crippen molar-refractivity contribution in [1.82, 2.24) is 0 Å². The summed E-state index contributed by atoms with van der Waals surface area (Å²) in [6.45, 7) is 1.57. The van der Waals surface area contributed by atoms with Gasteiger partial charge in [-0.25, -0.2) is 0 Å². The van der Waals surface area contributed by atoms with Gasteiger partial charge in [-0.15, -0.1) is 0 Å². The van der Waals surface area contributed by atoms with Gasteiger partial charge in [-0.1, -0.05) is 42.5 Å². The van der Waals surface area contributed by atoms with Gasteiger partial charge in [0.15, 0.2) is 0 Å². The maximum atomic E-state index is 10.1. The van der Waals surface area contributed by atoms with Crippen molar-refractivity contribution in [1.29, 1.82) is 0 Å². The van der Waals surface area contributed by atoms with E-state index in [2.05, 4.69) is 34.5 Å². The van der Waals surface area contributed by atoms with E-state index >= 15 is 0 Å². The summed E-state index contributed by atoms with van der Waals surface area (Å²) in [6.07, 6.45) is -0.405. The minimum Gasteiger partial charge on any atom is -0.382 e. The summed E-state index contributed by atoms with van der Waals surface area (Å²) in [7, 11) is 4.08. The number of anilines is 1. The molecule has 0 saturated carbocycles. The first-order chi connectivity index (χ1) is 9.66. The van der Waals surface area contributed by atoms with Gasteiger partial charge in [0.1, 0.15) is 19.2 Å². The van der Waals surface area contributed by atoms with E-state index in [0.717, 1.165) is 12.1 Å².